The quantitative estimate of drug-likeness (QED) is 0.371. The van der Waals surface area contributed by atoms with Gasteiger partial charge < -0.3 is 4.90 Å². The maximum Gasteiger partial charge on any atom is 0.265 e. The number of hydrogen-bond acceptors (Lipinski definition) is 4. The number of aryl methyl sites for hydroxylation is 1. The van der Waals surface area contributed by atoms with E-state index >= 15 is 0 Å². The van der Waals surface area contributed by atoms with Crippen LogP contribution in [0.1, 0.15) is 43.1 Å². The van der Waals surface area contributed by atoms with Crippen LogP contribution >= 0.6 is 11.3 Å². The zero-order chi connectivity index (χ0) is 23.3. The van der Waals surface area contributed by atoms with E-state index in [2.05, 4.69) is 77.7 Å². The van der Waals surface area contributed by atoms with Crippen molar-refractivity contribution in [3.8, 4) is 0 Å². The number of thiazole rings is 1. The second kappa shape index (κ2) is 10.3. The van der Waals surface area contributed by atoms with Crippen LogP contribution in [0.3, 0.4) is 0 Å². The van der Waals surface area contributed by atoms with Gasteiger partial charge in [-0.3, -0.25) is 9.69 Å². The van der Waals surface area contributed by atoms with Crippen molar-refractivity contribution in [1.29, 1.82) is 0 Å². The number of piperazine rings is 1. The largest absolute Gasteiger partial charge is 0.335 e. The molecule has 34 heavy (non-hydrogen) atoms. The van der Waals surface area contributed by atoms with Crippen molar-refractivity contribution in [2.75, 3.05) is 26.2 Å². The molecule has 172 valence electrons. The minimum atomic E-state index is 0.116. The average molecular weight is 468 g/mol. The molecule has 0 radical (unpaired) electrons. The van der Waals surface area contributed by atoms with Crippen LogP contribution in [0.4, 0.5) is 0 Å². The van der Waals surface area contributed by atoms with E-state index < -0.39 is 0 Å². The van der Waals surface area contributed by atoms with Crippen LogP contribution in [-0.4, -0.2) is 46.9 Å². The molecule has 4 aromatic rings. The number of benzene rings is 3. The van der Waals surface area contributed by atoms with Gasteiger partial charge in [0.1, 0.15) is 4.88 Å². The number of hydrogen-bond donors (Lipinski definition) is 0. The zero-order valence-electron chi connectivity index (χ0n) is 19.4. The van der Waals surface area contributed by atoms with Crippen LogP contribution in [0.2, 0.25) is 0 Å². The molecule has 1 saturated heterocycles. The average Bonchev–Trinajstić information content (AvgIpc) is 3.26. The Hall–Kier alpha value is -3.28. The van der Waals surface area contributed by atoms with Crippen LogP contribution < -0.4 is 0 Å². The van der Waals surface area contributed by atoms with Gasteiger partial charge in [0.05, 0.1) is 16.7 Å². The number of amides is 1. The lowest BCUT2D eigenvalue weighted by Gasteiger charge is -2.39. The summed E-state index contributed by atoms with van der Waals surface area (Å²) in [5, 5.41) is 0.999. The Morgan fingerprint density at radius 2 is 1.35 bits per heavy atom. The van der Waals surface area contributed by atoms with Crippen LogP contribution in [0, 0.1) is 6.92 Å². The molecule has 0 spiro atoms. The van der Waals surface area contributed by atoms with Crippen LogP contribution in [0.25, 0.3) is 0 Å². The van der Waals surface area contributed by atoms with Gasteiger partial charge in [-0.2, -0.15) is 0 Å². The van der Waals surface area contributed by atoms with Crippen molar-refractivity contribution in [2.24, 2.45) is 0 Å². The van der Waals surface area contributed by atoms with Crippen molar-refractivity contribution >= 4 is 17.2 Å². The summed E-state index contributed by atoms with van der Waals surface area (Å²) in [6.07, 6.45) is 0.767. The lowest BCUT2D eigenvalue weighted by atomic mass is 9.96. The van der Waals surface area contributed by atoms with Gasteiger partial charge in [0, 0.05) is 32.6 Å². The molecule has 2 heterocycles. The van der Waals surface area contributed by atoms with E-state index in [4.69, 9.17) is 4.98 Å². The first-order valence-corrected chi connectivity index (χ1v) is 12.6. The number of carbonyl (C=O) groups is 1. The smallest absolute Gasteiger partial charge is 0.265 e. The Morgan fingerprint density at radius 3 is 1.91 bits per heavy atom. The summed E-state index contributed by atoms with van der Waals surface area (Å²) in [4.78, 5) is 23.4. The van der Waals surface area contributed by atoms with Gasteiger partial charge in [-0.15, -0.1) is 11.3 Å². The molecular formula is C29H29N3OS. The van der Waals surface area contributed by atoms with Crippen molar-refractivity contribution in [3.63, 3.8) is 0 Å². The Bertz CT molecular complexity index is 1180. The molecule has 1 aliphatic rings. The second-order valence-electron chi connectivity index (χ2n) is 8.74. The highest BCUT2D eigenvalue weighted by atomic mass is 32.1. The molecule has 0 saturated carbocycles. The van der Waals surface area contributed by atoms with Crippen molar-refractivity contribution < 1.29 is 4.79 Å². The van der Waals surface area contributed by atoms with E-state index in [-0.39, 0.29) is 11.9 Å². The topological polar surface area (TPSA) is 36.4 Å². The molecule has 0 aliphatic carbocycles. The van der Waals surface area contributed by atoms with Crippen molar-refractivity contribution in [3.05, 3.63) is 123 Å². The summed E-state index contributed by atoms with van der Waals surface area (Å²) in [6, 6.07) is 31.8. The summed E-state index contributed by atoms with van der Waals surface area (Å²) in [6.45, 7) is 5.08. The first-order chi connectivity index (χ1) is 16.7. The van der Waals surface area contributed by atoms with Gasteiger partial charge in [0.25, 0.3) is 5.91 Å². The minimum absolute atomic E-state index is 0.116. The molecule has 1 aliphatic heterocycles. The summed E-state index contributed by atoms with van der Waals surface area (Å²) < 4.78 is 0. The summed E-state index contributed by atoms with van der Waals surface area (Å²) in [5.41, 5.74) is 4.64. The van der Waals surface area contributed by atoms with Gasteiger partial charge in [-0.25, -0.2) is 4.98 Å². The Balaban J connectivity index is 1.29. The predicted octanol–water partition coefficient (Wildman–Crippen LogP) is 5.59. The first-order valence-electron chi connectivity index (χ1n) is 11.8. The summed E-state index contributed by atoms with van der Waals surface area (Å²) in [5.74, 6) is 0.116. The maximum atomic E-state index is 13.4. The van der Waals surface area contributed by atoms with Crippen LogP contribution in [0.5, 0.6) is 0 Å². The fourth-order valence-electron chi connectivity index (χ4n) is 4.71. The molecule has 1 amide bonds. The zero-order valence-corrected chi connectivity index (χ0v) is 20.2. The summed E-state index contributed by atoms with van der Waals surface area (Å²) in [7, 11) is 0. The fraction of sp³-hybridized carbons (Fsp3) is 0.241. The van der Waals surface area contributed by atoms with Crippen LogP contribution in [-0.2, 0) is 6.42 Å². The number of carbonyl (C=O) groups excluding carboxylic acids is 1. The van der Waals surface area contributed by atoms with Crippen molar-refractivity contribution in [2.45, 2.75) is 19.4 Å². The van der Waals surface area contributed by atoms with Gasteiger partial charge in [-0.1, -0.05) is 91.0 Å². The van der Waals surface area contributed by atoms with Gasteiger partial charge in [0.15, 0.2) is 0 Å². The molecule has 5 heteroatoms. The molecule has 5 rings (SSSR count). The standard InChI is InChI=1S/C29H29N3OS/c1-22-28(34-26(30-22)21-23-11-5-2-6-12-23)29(33)32-19-17-31(18-20-32)27(24-13-7-3-8-14-24)25-15-9-4-10-16-25/h2-16,27H,17-21H2,1H3. The van der Waals surface area contributed by atoms with Gasteiger partial charge >= 0.3 is 0 Å². The highest BCUT2D eigenvalue weighted by molar-refractivity contribution is 7.13. The third-order valence-electron chi connectivity index (χ3n) is 6.43. The van der Waals surface area contributed by atoms with Gasteiger partial charge in [0.2, 0.25) is 0 Å². The second-order valence-corrected chi connectivity index (χ2v) is 9.82. The first kappa shape index (κ1) is 22.5. The monoisotopic (exact) mass is 467 g/mol. The Labute approximate surface area is 205 Å². The van der Waals surface area contributed by atoms with E-state index in [9.17, 15) is 4.79 Å². The molecule has 0 unspecified atom stereocenters. The third-order valence-corrected chi connectivity index (χ3v) is 7.58. The van der Waals surface area contributed by atoms with Crippen molar-refractivity contribution in [1.82, 2.24) is 14.8 Å². The highest BCUT2D eigenvalue weighted by Gasteiger charge is 2.30. The fourth-order valence-corrected chi connectivity index (χ4v) is 5.78. The lowest BCUT2D eigenvalue weighted by molar-refractivity contribution is 0.0601. The maximum absolute atomic E-state index is 13.4. The molecule has 0 bridgehead atoms. The van der Waals surface area contributed by atoms with E-state index in [1.54, 1.807) is 11.3 Å². The lowest BCUT2D eigenvalue weighted by Crippen LogP contribution is -2.49. The minimum Gasteiger partial charge on any atom is -0.335 e. The summed E-state index contributed by atoms with van der Waals surface area (Å²) >= 11 is 1.54. The molecule has 1 aromatic heterocycles. The van der Waals surface area contributed by atoms with Crippen LogP contribution in [0.15, 0.2) is 91.0 Å². The number of aromatic nitrogens is 1. The number of rotatable bonds is 6. The predicted molar refractivity (Wildman–Crippen MR) is 138 cm³/mol. The molecular weight excluding hydrogens is 438 g/mol. The normalized spacial score (nSPS) is 14.5. The van der Waals surface area contributed by atoms with E-state index in [0.29, 0.717) is 0 Å². The molecule has 4 nitrogen and oxygen atoms in total. The van der Waals surface area contributed by atoms with E-state index in [1.165, 1.54) is 16.7 Å². The Morgan fingerprint density at radius 1 is 0.824 bits per heavy atom. The molecule has 0 atom stereocenters. The molecule has 1 fully saturated rings. The SMILES string of the molecule is Cc1nc(Cc2ccccc2)sc1C(=O)N1CCN(C(c2ccccc2)c2ccccc2)CC1. The Kier molecular flexibility index (Phi) is 6.84. The number of nitrogens with zero attached hydrogens (tertiary/aromatic N) is 3. The highest BCUT2D eigenvalue weighted by Crippen LogP contribution is 2.30. The van der Waals surface area contributed by atoms with Gasteiger partial charge in [-0.05, 0) is 23.6 Å². The molecule has 0 N–H and O–H groups in total. The third kappa shape index (κ3) is 4.96. The van der Waals surface area contributed by atoms with E-state index in [1.807, 2.05) is 30.0 Å². The molecule has 3 aromatic carbocycles. The van der Waals surface area contributed by atoms with E-state index in [0.717, 1.165) is 48.2 Å².